The number of aldehydes is 1. The number of rotatable bonds is 2. The van der Waals surface area contributed by atoms with E-state index in [4.69, 9.17) is 0 Å². The maximum absolute atomic E-state index is 11.1. The first-order chi connectivity index (χ1) is 7.40. The first-order valence-corrected chi connectivity index (χ1v) is 5.07. The van der Waals surface area contributed by atoms with E-state index in [-0.39, 0.29) is 0 Å². The molecule has 0 amide bonds. The van der Waals surface area contributed by atoms with Crippen molar-refractivity contribution in [2.24, 2.45) is 0 Å². The van der Waals surface area contributed by atoms with Gasteiger partial charge in [0.05, 0.1) is 0 Å². The monoisotopic (exact) mass is 201 g/mol. The van der Waals surface area contributed by atoms with Gasteiger partial charge in [0.25, 0.3) is 0 Å². The lowest BCUT2D eigenvalue weighted by atomic mass is 10.2. The number of pyridine rings is 1. The number of carbonyl (C=O) groups is 1. The van der Waals surface area contributed by atoms with Gasteiger partial charge in [-0.05, 0) is 18.6 Å². The van der Waals surface area contributed by atoms with Crippen LogP contribution in [0.3, 0.4) is 0 Å². The van der Waals surface area contributed by atoms with Crippen molar-refractivity contribution in [2.75, 3.05) is 18.0 Å². The van der Waals surface area contributed by atoms with Gasteiger partial charge in [0.2, 0.25) is 0 Å². The summed E-state index contributed by atoms with van der Waals surface area (Å²) >= 11 is 0. The molecule has 0 aliphatic carbocycles. The molecule has 0 radical (unpaired) electrons. The van der Waals surface area contributed by atoms with Crippen LogP contribution in [0.5, 0.6) is 0 Å². The van der Waals surface area contributed by atoms with Crippen molar-refractivity contribution >= 4 is 17.8 Å². The predicted molar refractivity (Wildman–Crippen MR) is 57.4 cm³/mol. The van der Waals surface area contributed by atoms with Gasteiger partial charge in [0, 0.05) is 19.3 Å². The van der Waals surface area contributed by atoms with Crippen LogP contribution in [0.1, 0.15) is 16.9 Å². The van der Waals surface area contributed by atoms with Crippen LogP contribution in [0, 0.1) is 0 Å². The summed E-state index contributed by atoms with van der Waals surface area (Å²) in [5.74, 6) is 0.822. The van der Waals surface area contributed by atoms with Gasteiger partial charge in [0.15, 0.2) is 12.1 Å². The molecule has 15 heavy (non-hydrogen) atoms. The van der Waals surface area contributed by atoms with Gasteiger partial charge in [-0.1, -0.05) is 6.07 Å². The number of carbonyl (C=O) groups excluding carboxylic acids is 1. The Balaban J connectivity index is 2.23. The van der Waals surface area contributed by atoms with Crippen LogP contribution in [-0.4, -0.2) is 28.8 Å². The summed E-state index contributed by atoms with van der Waals surface area (Å²) in [7, 11) is 0. The zero-order valence-corrected chi connectivity index (χ0v) is 8.26. The van der Waals surface area contributed by atoms with Crippen molar-refractivity contribution in [3.63, 3.8) is 0 Å². The summed E-state index contributed by atoms with van der Waals surface area (Å²) in [6.07, 6.45) is 3.94. The molecule has 1 saturated heterocycles. The van der Waals surface area contributed by atoms with E-state index < -0.39 is 0 Å². The highest BCUT2D eigenvalue weighted by molar-refractivity contribution is 5.83. The molecule has 2 aromatic heterocycles. The molecule has 0 N–H and O–H groups in total. The maximum Gasteiger partial charge on any atom is 0.170 e. The van der Waals surface area contributed by atoms with Gasteiger partial charge in [-0.25, -0.2) is 4.98 Å². The van der Waals surface area contributed by atoms with Crippen LogP contribution < -0.4 is 4.90 Å². The van der Waals surface area contributed by atoms with E-state index in [1.165, 1.54) is 6.42 Å². The molecule has 3 rings (SSSR count). The molecule has 1 fully saturated rings. The van der Waals surface area contributed by atoms with Gasteiger partial charge in [-0.3, -0.25) is 9.20 Å². The fourth-order valence-electron chi connectivity index (χ4n) is 1.87. The standard InChI is InChI=1S/C11H11N3O/c15-8-9-11(13-5-3-6-13)12-10-4-1-2-7-14(9)10/h1-2,4,7-8H,3,5-6H2. The van der Waals surface area contributed by atoms with E-state index in [1.54, 1.807) is 0 Å². The lowest BCUT2D eigenvalue weighted by Crippen LogP contribution is -2.37. The first kappa shape index (κ1) is 8.47. The summed E-state index contributed by atoms with van der Waals surface area (Å²) in [5.41, 5.74) is 1.49. The topological polar surface area (TPSA) is 37.6 Å². The molecule has 0 bridgehead atoms. The average Bonchev–Trinajstić information content (AvgIpc) is 2.53. The fourth-order valence-corrected chi connectivity index (χ4v) is 1.87. The molecule has 0 atom stereocenters. The SMILES string of the molecule is O=Cc1c(N2CCC2)nc2ccccn12. The Hall–Kier alpha value is -1.84. The van der Waals surface area contributed by atoms with Crippen LogP contribution in [0.2, 0.25) is 0 Å². The number of aromatic nitrogens is 2. The highest BCUT2D eigenvalue weighted by atomic mass is 16.1. The van der Waals surface area contributed by atoms with Crippen molar-refractivity contribution < 1.29 is 4.79 Å². The summed E-state index contributed by atoms with van der Waals surface area (Å²) in [5, 5.41) is 0. The molecule has 1 aliphatic heterocycles. The summed E-state index contributed by atoms with van der Waals surface area (Å²) in [6.45, 7) is 2.01. The lowest BCUT2D eigenvalue weighted by molar-refractivity contribution is 0.111. The summed E-state index contributed by atoms with van der Waals surface area (Å²) < 4.78 is 1.83. The van der Waals surface area contributed by atoms with Crippen molar-refractivity contribution in [2.45, 2.75) is 6.42 Å². The normalized spacial score (nSPS) is 15.3. The molecule has 0 aromatic carbocycles. The predicted octanol–water partition coefficient (Wildman–Crippen LogP) is 1.36. The van der Waals surface area contributed by atoms with Crippen LogP contribution in [0.15, 0.2) is 24.4 Å². The quantitative estimate of drug-likeness (QED) is 0.688. The van der Waals surface area contributed by atoms with E-state index >= 15 is 0 Å². The molecule has 1 aliphatic rings. The van der Waals surface area contributed by atoms with Gasteiger partial charge < -0.3 is 4.90 Å². The Morgan fingerprint density at radius 2 is 2.20 bits per heavy atom. The second kappa shape index (κ2) is 3.08. The van der Waals surface area contributed by atoms with Crippen molar-refractivity contribution in [3.05, 3.63) is 30.1 Å². The Morgan fingerprint density at radius 3 is 2.87 bits per heavy atom. The smallest absolute Gasteiger partial charge is 0.170 e. The maximum atomic E-state index is 11.1. The van der Waals surface area contributed by atoms with Crippen molar-refractivity contribution in [3.8, 4) is 0 Å². The second-order valence-electron chi connectivity index (χ2n) is 3.71. The van der Waals surface area contributed by atoms with Gasteiger partial charge in [-0.2, -0.15) is 0 Å². The fraction of sp³-hybridized carbons (Fsp3) is 0.273. The van der Waals surface area contributed by atoms with E-state index in [9.17, 15) is 4.79 Å². The van der Waals surface area contributed by atoms with Crippen LogP contribution in [0.25, 0.3) is 5.65 Å². The third kappa shape index (κ3) is 1.14. The van der Waals surface area contributed by atoms with Crippen LogP contribution in [-0.2, 0) is 0 Å². The molecule has 4 nitrogen and oxygen atoms in total. The Morgan fingerprint density at radius 1 is 1.33 bits per heavy atom. The molecule has 2 aromatic rings. The summed E-state index contributed by atoms with van der Waals surface area (Å²) in [6, 6.07) is 5.74. The number of hydrogen-bond donors (Lipinski definition) is 0. The zero-order chi connectivity index (χ0) is 10.3. The lowest BCUT2D eigenvalue weighted by Gasteiger charge is -2.31. The van der Waals surface area contributed by atoms with E-state index in [0.29, 0.717) is 5.69 Å². The van der Waals surface area contributed by atoms with Crippen LogP contribution >= 0.6 is 0 Å². The molecule has 0 unspecified atom stereocenters. The largest absolute Gasteiger partial charge is 0.355 e. The molecule has 0 saturated carbocycles. The van der Waals surface area contributed by atoms with Gasteiger partial charge >= 0.3 is 0 Å². The minimum atomic E-state index is 0.658. The molecule has 4 heteroatoms. The first-order valence-electron chi connectivity index (χ1n) is 5.07. The zero-order valence-electron chi connectivity index (χ0n) is 8.26. The third-order valence-corrected chi connectivity index (χ3v) is 2.81. The van der Waals surface area contributed by atoms with E-state index in [2.05, 4.69) is 9.88 Å². The Labute approximate surface area is 87.1 Å². The van der Waals surface area contributed by atoms with Crippen molar-refractivity contribution in [1.82, 2.24) is 9.38 Å². The van der Waals surface area contributed by atoms with Crippen LogP contribution in [0.4, 0.5) is 5.82 Å². The number of anilines is 1. The van der Waals surface area contributed by atoms with E-state index in [1.807, 2.05) is 28.8 Å². The number of imidazole rings is 1. The summed E-state index contributed by atoms with van der Waals surface area (Å²) in [4.78, 5) is 17.7. The van der Waals surface area contributed by atoms with Crippen molar-refractivity contribution in [1.29, 1.82) is 0 Å². The van der Waals surface area contributed by atoms with E-state index in [0.717, 1.165) is 30.8 Å². The molecular formula is C11H11N3O. The molecule has 3 heterocycles. The van der Waals surface area contributed by atoms with Gasteiger partial charge in [-0.15, -0.1) is 0 Å². The number of fused-ring (bicyclic) bond motifs is 1. The number of nitrogens with zero attached hydrogens (tertiary/aromatic N) is 3. The Bertz CT molecular complexity index is 514. The Kier molecular flexibility index (Phi) is 1.74. The van der Waals surface area contributed by atoms with Gasteiger partial charge in [0.1, 0.15) is 11.3 Å². The molecule has 0 spiro atoms. The minimum absolute atomic E-state index is 0.658. The highest BCUT2D eigenvalue weighted by Crippen LogP contribution is 2.24. The third-order valence-electron chi connectivity index (χ3n) is 2.81. The second-order valence-corrected chi connectivity index (χ2v) is 3.71. The minimum Gasteiger partial charge on any atom is -0.355 e. The molecular weight excluding hydrogens is 190 g/mol. The molecule has 76 valence electrons. The highest BCUT2D eigenvalue weighted by Gasteiger charge is 2.21. The number of hydrogen-bond acceptors (Lipinski definition) is 3. The average molecular weight is 201 g/mol.